The minimum atomic E-state index is -2.84. The van der Waals surface area contributed by atoms with E-state index in [2.05, 4.69) is 15.3 Å². The highest BCUT2D eigenvalue weighted by Gasteiger charge is 2.13. The molecule has 6 nitrogen and oxygen atoms in total. The summed E-state index contributed by atoms with van der Waals surface area (Å²) in [5.41, 5.74) is 3.35. The molecule has 1 amide bonds. The molecule has 3 aromatic rings. The van der Waals surface area contributed by atoms with Gasteiger partial charge in [-0.25, -0.2) is 8.99 Å². The zero-order chi connectivity index (χ0) is 18.7. The van der Waals surface area contributed by atoms with Gasteiger partial charge in [-0.2, -0.15) is 0 Å². The number of hydrogen-bond donors (Lipinski definition) is 2. The molecule has 0 aliphatic heterocycles. The second-order valence-electron chi connectivity index (χ2n) is 5.95. The van der Waals surface area contributed by atoms with Crippen LogP contribution in [-0.4, -0.2) is 26.3 Å². The predicted molar refractivity (Wildman–Crippen MR) is 102 cm³/mol. The maximum absolute atomic E-state index is 12.6. The van der Waals surface area contributed by atoms with Gasteiger partial charge in [-0.15, -0.1) is 0 Å². The highest BCUT2D eigenvalue weighted by Crippen LogP contribution is 2.20. The number of rotatable bonds is 4. The first-order chi connectivity index (χ1) is 12.3. The Kier molecular flexibility index (Phi) is 4.81. The lowest BCUT2D eigenvalue weighted by Gasteiger charge is -2.10. The van der Waals surface area contributed by atoms with Crippen LogP contribution in [0.2, 0.25) is 0 Å². The summed E-state index contributed by atoms with van der Waals surface area (Å²) in [4.78, 5) is 21.4. The highest BCUT2D eigenvalue weighted by atomic mass is 32.2. The van der Waals surface area contributed by atoms with Crippen LogP contribution in [0, 0.1) is 11.7 Å². The minimum Gasteiger partial charge on any atom is -0.322 e. The van der Waals surface area contributed by atoms with Gasteiger partial charge < -0.3 is 5.32 Å². The predicted octanol–water partition coefficient (Wildman–Crippen LogP) is 3.74. The van der Waals surface area contributed by atoms with Gasteiger partial charge >= 0.3 is 0 Å². The average molecular weight is 366 g/mol. The van der Waals surface area contributed by atoms with Crippen molar-refractivity contribution in [1.82, 2.24) is 9.97 Å². The second-order valence-corrected chi connectivity index (χ2v) is 8.11. The third-order valence-electron chi connectivity index (χ3n) is 3.85. The number of hydrogen-bond acceptors (Lipinski definition) is 5. The standard InChI is InChI=1S/C19H18N4O2S/c1-13-9-18(14-5-4-8-21-11-14)22-12-17(13)19(24)23-15-6-3-7-16(10-15)26(2,20)25/h3-12,20H,1-2H3,(H,23,24). The van der Waals surface area contributed by atoms with Crippen molar-refractivity contribution in [3.05, 3.63) is 72.2 Å². The Bertz CT molecular complexity index is 1060. The van der Waals surface area contributed by atoms with Crippen molar-refractivity contribution in [2.45, 2.75) is 11.8 Å². The Labute approximate surface area is 152 Å². The lowest BCUT2D eigenvalue weighted by molar-refractivity contribution is 0.102. The van der Waals surface area contributed by atoms with Crippen LogP contribution in [0.25, 0.3) is 11.3 Å². The molecule has 0 aliphatic rings. The summed E-state index contributed by atoms with van der Waals surface area (Å²) in [6.07, 6.45) is 6.29. The molecule has 1 unspecified atom stereocenters. The van der Waals surface area contributed by atoms with E-state index in [4.69, 9.17) is 4.78 Å². The van der Waals surface area contributed by atoms with E-state index in [0.717, 1.165) is 16.8 Å². The third-order valence-corrected chi connectivity index (χ3v) is 5.01. The largest absolute Gasteiger partial charge is 0.322 e. The second kappa shape index (κ2) is 7.05. The van der Waals surface area contributed by atoms with Gasteiger partial charge in [0.2, 0.25) is 0 Å². The third kappa shape index (κ3) is 3.94. The number of aryl methyl sites for hydroxylation is 1. The van der Waals surface area contributed by atoms with Crippen LogP contribution in [0.3, 0.4) is 0 Å². The van der Waals surface area contributed by atoms with Crippen molar-refractivity contribution in [1.29, 1.82) is 4.78 Å². The van der Waals surface area contributed by atoms with E-state index in [1.807, 2.05) is 25.1 Å². The van der Waals surface area contributed by atoms with Crippen molar-refractivity contribution in [3.8, 4) is 11.3 Å². The number of amides is 1. The summed E-state index contributed by atoms with van der Waals surface area (Å²) in [6, 6.07) is 12.1. The summed E-state index contributed by atoms with van der Waals surface area (Å²) < 4.78 is 19.5. The number of anilines is 1. The first-order valence-corrected chi connectivity index (χ1v) is 9.83. The smallest absolute Gasteiger partial charge is 0.257 e. The van der Waals surface area contributed by atoms with E-state index in [0.29, 0.717) is 16.1 Å². The highest BCUT2D eigenvalue weighted by molar-refractivity contribution is 7.91. The molecule has 0 aliphatic carbocycles. The molecule has 2 heterocycles. The number of nitrogens with zero attached hydrogens (tertiary/aromatic N) is 2. The zero-order valence-electron chi connectivity index (χ0n) is 14.4. The zero-order valence-corrected chi connectivity index (χ0v) is 15.2. The molecule has 7 heteroatoms. The molecule has 0 saturated carbocycles. The Morgan fingerprint density at radius 3 is 2.62 bits per heavy atom. The molecule has 0 spiro atoms. The summed E-state index contributed by atoms with van der Waals surface area (Å²) in [5, 5.41) is 2.77. The van der Waals surface area contributed by atoms with E-state index in [-0.39, 0.29) is 5.91 Å². The van der Waals surface area contributed by atoms with Crippen LogP contribution in [0.4, 0.5) is 5.69 Å². The van der Waals surface area contributed by atoms with Gasteiger partial charge in [0.15, 0.2) is 0 Å². The molecular formula is C19H18N4O2S. The summed E-state index contributed by atoms with van der Waals surface area (Å²) in [5.74, 6) is -0.308. The van der Waals surface area contributed by atoms with Crippen LogP contribution < -0.4 is 5.32 Å². The average Bonchev–Trinajstić information content (AvgIpc) is 2.62. The van der Waals surface area contributed by atoms with Crippen LogP contribution >= 0.6 is 0 Å². The van der Waals surface area contributed by atoms with Crippen LogP contribution in [0.15, 0.2) is 66.0 Å². The number of carbonyl (C=O) groups excluding carboxylic acids is 1. The van der Waals surface area contributed by atoms with Gasteiger partial charge in [-0.3, -0.25) is 14.8 Å². The maximum Gasteiger partial charge on any atom is 0.257 e. The number of aromatic nitrogens is 2. The molecular weight excluding hydrogens is 348 g/mol. The number of pyridine rings is 2. The van der Waals surface area contributed by atoms with E-state index in [9.17, 15) is 9.00 Å². The van der Waals surface area contributed by atoms with Gasteiger partial charge in [-0.05, 0) is 48.9 Å². The molecule has 1 atom stereocenters. The van der Waals surface area contributed by atoms with Gasteiger partial charge in [-0.1, -0.05) is 6.07 Å². The van der Waals surface area contributed by atoms with Gasteiger partial charge in [0, 0.05) is 41.0 Å². The number of benzene rings is 1. The van der Waals surface area contributed by atoms with Crippen molar-refractivity contribution < 1.29 is 9.00 Å². The van der Waals surface area contributed by atoms with E-state index < -0.39 is 9.73 Å². The lowest BCUT2D eigenvalue weighted by atomic mass is 10.1. The van der Waals surface area contributed by atoms with Crippen molar-refractivity contribution >= 4 is 21.3 Å². The van der Waals surface area contributed by atoms with Crippen molar-refractivity contribution in [2.75, 3.05) is 11.6 Å². The summed E-state index contributed by atoms with van der Waals surface area (Å²) >= 11 is 0. The molecule has 132 valence electrons. The molecule has 26 heavy (non-hydrogen) atoms. The molecule has 0 saturated heterocycles. The monoisotopic (exact) mass is 366 g/mol. The number of nitrogens with one attached hydrogen (secondary N) is 2. The quantitative estimate of drug-likeness (QED) is 0.735. The summed E-state index contributed by atoms with van der Waals surface area (Å²) in [6.45, 7) is 1.84. The Hall–Kier alpha value is -3.06. The normalized spacial score (nSPS) is 13.0. The SMILES string of the molecule is Cc1cc(-c2cccnc2)ncc1C(=O)Nc1cccc(S(C)(=N)=O)c1. The minimum absolute atomic E-state index is 0.308. The van der Waals surface area contributed by atoms with Crippen molar-refractivity contribution in [2.24, 2.45) is 0 Å². The maximum atomic E-state index is 12.6. The Balaban J connectivity index is 1.85. The van der Waals surface area contributed by atoms with Crippen LogP contribution in [0.5, 0.6) is 0 Å². The fourth-order valence-electron chi connectivity index (χ4n) is 2.48. The van der Waals surface area contributed by atoms with Crippen LogP contribution in [-0.2, 0) is 9.73 Å². The van der Waals surface area contributed by atoms with Gasteiger partial charge in [0.25, 0.3) is 5.91 Å². The Morgan fingerprint density at radius 2 is 1.96 bits per heavy atom. The van der Waals surface area contributed by atoms with Crippen LogP contribution in [0.1, 0.15) is 15.9 Å². The van der Waals surface area contributed by atoms with E-state index in [1.165, 1.54) is 12.5 Å². The molecule has 2 N–H and O–H groups in total. The fraction of sp³-hybridized carbons (Fsp3) is 0.105. The van der Waals surface area contributed by atoms with Gasteiger partial charge in [0.05, 0.1) is 21.0 Å². The summed E-state index contributed by atoms with van der Waals surface area (Å²) in [7, 11) is -2.84. The van der Waals surface area contributed by atoms with Crippen molar-refractivity contribution in [3.63, 3.8) is 0 Å². The molecule has 0 bridgehead atoms. The number of carbonyl (C=O) groups is 1. The Morgan fingerprint density at radius 1 is 1.15 bits per heavy atom. The first kappa shape index (κ1) is 17.8. The molecule has 2 aromatic heterocycles. The molecule has 0 fully saturated rings. The topological polar surface area (TPSA) is 95.8 Å². The molecule has 1 aromatic carbocycles. The molecule has 3 rings (SSSR count). The molecule has 0 radical (unpaired) electrons. The lowest BCUT2D eigenvalue weighted by Crippen LogP contribution is -2.14. The first-order valence-electron chi connectivity index (χ1n) is 7.87. The van der Waals surface area contributed by atoms with Gasteiger partial charge in [0.1, 0.15) is 0 Å². The fourth-order valence-corrected chi connectivity index (χ4v) is 3.17. The van der Waals surface area contributed by atoms with E-state index >= 15 is 0 Å². The van der Waals surface area contributed by atoms with E-state index in [1.54, 1.807) is 36.7 Å².